The van der Waals surface area contributed by atoms with Gasteiger partial charge in [0.1, 0.15) is 0 Å². The van der Waals surface area contributed by atoms with Gasteiger partial charge in [-0.3, -0.25) is 0 Å². The molecule has 3 nitrogen and oxygen atoms in total. The van der Waals surface area contributed by atoms with Crippen molar-refractivity contribution in [1.82, 2.24) is 5.32 Å². The number of aliphatic hydroxyl groups excluding tert-OH is 1. The van der Waals surface area contributed by atoms with E-state index in [4.69, 9.17) is 9.84 Å². The Morgan fingerprint density at radius 2 is 1.14 bits per heavy atom. The summed E-state index contributed by atoms with van der Waals surface area (Å²) < 4.78 is 5.65. The van der Waals surface area contributed by atoms with Crippen LogP contribution in [0.4, 0.5) is 0 Å². The zero-order valence-electron chi connectivity index (χ0n) is 20.7. The normalized spacial score (nSPS) is 11.2. The van der Waals surface area contributed by atoms with Crippen LogP contribution in [0.5, 0.6) is 0 Å². The topological polar surface area (TPSA) is 41.5 Å². The monoisotopic (exact) mass is 403 g/mol. The summed E-state index contributed by atoms with van der Waals surface area (Å²) in [5, 5.41) is 11.8. The van der Waals surface area contributed by atoms with Crippen LogP contribution in [0.1, 0.15) is 125 Å². The Morgan fingerprint density at radius 3 is 1.57 bits per heavy atom. The molecule has 0 aromatic rings. The van der Waals surface area contributed by atoms with Crippen molar-refractivity contribution in [3.63, 3.8) is 0 Å². The lowest BCUT2D eigenvalue weighted by Crippen LogP contribution is -2.26. The van der Waals surface area contributed by atoms with E-state index in [1.807, 2.05) is 13.8 Å². The van der Waals surface area contributed by atoms with Crippen molar-refractivity contribution in [3.05, 3.63) is 0 Å². The zero-order valence-corrected chi connectivity index (χ0v) is 20.7. The van der Waals surface area contributed by atoms with Crippen molar-refractivity contribution < 1.29 is 9.84 Å². The maximum Gasteiger partial charge on any atom is 0.0555 e. The van der Waals surface area contributed by atoms with E-state index in [1.165, 1.54) is 83.5 Å². The SMILES string of the molecule is CC.CCCCCCCC.CCCCCCCCCOCC(C)CNCCO. The first-order valence-electron chi connectivity index (χ1n) is 12.6. The molecule has 0 saturated heterocycles. The molecule has 28 heavy (non-hydrogen) atoms. The van der Waals surface area contributed by atoms with Gasteiger partial charge in [-0.2, -0.15) is 0 Å². The third-order valence-corrected chi connectivity index (χ3v) is 4.53. The predicted molar refractivity (Wildman–Crippen MR) is 128 cm³/mol. The molecule has 1 atom stereocenters. The van der Waals surface area contributed by atoms with Crippen molar-refractivity contribution in [3.8, 4) is 0 Å². The summed E-state index contributed by atoms with van der Waals surface area (Å²) in [6.45, 7) is 16.5. The molecule has 2 N–H and O–H groups in total. The molecule has 0 fully saturated rings. The number of aliphatic hydroxyl groups is 1. The van der Waals surface area contributed by atoms with Crippen LogP contribution in [-0.4, -0.2) is 38.0 Å². The van der Waals surface area contributed by atoms with Crippen LogP contribution in [-0.2, 0) is 4.74 Å². The second kappa shape index (κ2) is 34.4. The standard InChI is InChI=1S/C15H33NO2.C8H18.C2H6/c1-3-4-5-6-7-8-9-12-18-14-15(2)13-16-10-11-17;1-3-5-7-8-6-4-2;1-2/h15-17H,3-14H2,1-2H3;3-8H2,1-2H3;1-2H3. The summed E-state index contributed by atoms with van der Waals surface area (Å²) in [5.41, 5.74) is 0. The average Bonchev–Trinajstić information content (AvgIpc) is 2.72. The van der Waals surface area contributed by atoms with E-state index < -0.39 is 0 Å². The minimum absolute atomic E-state index is 0.214. The van der Waals surface area contributed by atoms with Gasteiger partial charge < -0.3 is 15.2 Å². The summed E-state index contributed by atoms with van der Waals surface area (Å²) in [7, 11) is 0. The van der Waals surface area contributed by atoms with Gasteiger partial charge in [0.2, 0.25) is 0 Å². The van der Waals surface area contributed by atoms with Crippen molar-refractivity contribution >= 4 is 0 Å². The van der Waals surface area contributed by atoms with Gasteiger partial charge in [-0.25, -0.2) is 0 Å². The van der Waals surface area contributed by atoms with Gasteiger partial charge in [0.05, 0.1) is 13.2 Å². The molecule has 0 radical (unpaired) electrons. The van der Waals surface area contributed by atoms with Crippen molar-refractivity contribution in [2.24, 2.45) is 5.92 Å². The number of nitrogens with one attached hydrogen (secondary N) is 1. The molecule has 3 heteroatoms. The number of unbranched alkanes of at least 4 members (excludes halogenated alkanes) is 11. The molecule has 0 heterocycles. The largest absolute Gasteiger partial charge is 0.395 e. The van der Waals surface area contributed by atoms with Crippen molar-refractivity contribution in [1.29, 1.82) is 0 Å². The van der Waals surface area contributed by atoms with E-state index in [0.29, 0.717) is 12.5 Å². The van der Waals surface area contributed by atoms with Gasteiger partial charge in [-0.1, -0.05) is 119 Å². The van der Waals surface area contributed by atoms with E-state index in [0.717, 1.165) is 19.8 Å². The minimum atomic E-state index is 0.214. The predicted octanol–water partition coefficient (Wildman–Crippen LogP) is 7.36. The van der Waals surface area contributed by atoms with Crippen LogP contribution in [0, 0.1) is 5.92 Å². The maximum absolute atomic E-state index is 8.64. The van der Waals surface area contributed by atoms with Crippen molar-refractivity contribution in [2.45, 2.75) is 125 Å². The van der Waals surface area contributed by atoms with Gasteiger partial charge in [0.15, 0.2) is 0 Å². The fraction of sp³-hybridized carbons (Fsp3) is 1.00. The first-order chi connectivity index (χ1) is 13.7. The molecule has 0 spiro atoms. The Kier molecular flexibility index (Phi) is 40.0. The van der Waals surface area contributed by atoms with Crippen LogP contribution in [0.2, 0.25) is 0 Å². The highest BCUT2D eigenvalue weighted by Gasteiger charge is 2.01. The molecule has 1 unspecified atom stereocenters. The van der Waals surface area contributed by atoms with Crippen LogP contribution in [0.25, 0.3) is 0 Å². The zero-order chi connectivity index (χ0) is 21.7. The van der Waals surface area contributed by atoms with Crippen LogP contribution >= 0.6 is 0 Å². The Hall–Kier alpha value is -0.120. The summed E-state index contributed by atoms with van der Waals surface area (Å²) >= 11 is 0. The molecule has 0 aliphatic heterocycles. The number of hydrogen-bond acceptors (Lipinski definition) is 3. The molecule has 0 aromatic heterocycles. The Morgan fingerprint density at radius 1 is 0.714 bits per heavy atom. The lowest BCUT2D eigenvalue weighted by atomic mass is 10.1. The third-order valence-electron chi connectivity index (χ3n) is 4.53. The summed E-state index contributed by atoms with van der Waals surface area (Å²) in [6, 6.07) is 0. The molecule has 0 rings (SSSR count). The van der Waals surface area contributed by atoms with Crippen LogP contribution < -0.4 is 5.32 Å². The summed E-state index contributed by atoms with van der Waals surface area (Å²) in [5.74, 6) is 0.529. The van der Waals surface area contributed by atoms with Gasteiger partial charge in [0.25, 0.3) is 0 Å². The lowest BCUT2D eigenvalue weighted by molar-refractivity contribution is 0.100. The highest BCUT2D eigenvalue weighted by Crippen LogP contribution is 2.07. The Bertz CT molecular complexity index is 219. The average molecular weight is 404 g/mol. The number of hydrogen-bond donors (Lipinski definition) is 2. The van der Waals surface area contributed by atoms with Crippen LogP contribution in [0.15, 0.2) is 0 Å². The third kappa shape index (κ3) is 36.7. The quantitative estimate of drug-likeness (QED) is 0.221. The molecule has 174 valence electrons. The van der Waals surface area contributed by atoms with Crippen molar-refractivity contribution in [2.75, 3.05) is 32.9 Å². The second-order valence-electron chi connectivity index (χ2n) is 7.64. The maximum atomic E-state index is 8.64. The molecular weight excluding hydrogens is 346 g/mol. The van der Waals surface area contributed by atoms with Gasteiger partial charge in [-0.15, -0.1) is 0 Å². The molecule has 0 aliphatic rings. The molecule has 0 aromatic carbocycles. The number of ether oxygens (including phenoxy) is 1. The van der Waals surface area contributed by atoms with Gasteiger partial charge in [0, 0.05) is 13.2 Å². The van der Waals surface area contributed by atoms with Gasteiger partial charge >= 0.3 is 0 Å². The van der Waals surface area contributed by atoms with Gasteiger partial charge in [-0.05, 0) is 18.9 Å². The van der Waals surface area contributed by atoms with E-state index in [9.17, 15) is 0 Å². The summed E-state index contributed by atoms with van der Waals surface area (Å²) in [6.07, 6.45) is 17.8. The first-order valence-corrected chi connectivity index (χ1v) is 12.6. The summed E-state index contributed by atoms with van der Waals surface area (Å²) in [4.78, 5) is 0. The highest BCUT2D eigenvalue weighted by molar-refractivity contribution is 4.55. The second-order valence-corrected chi connectivity index (χ2v) is 7.64. The number of rotatable bonds is 19. The van der Waals surface area contributed by atoms with E-state index in [2.05, 4.69) is 33.0 Å². The molecule has 0 saturated carbocycles. The smallest absolute Gasteiger partial charge is 0.0555 e. The molecular formula is C25H57NO2. The Balaban J connectivity index is -0.000000522. The molecule has 0 aliphatic carbocycles. The first kappa shape index (κ1) is 32.5. The molecule has 0 amide bonds. The fourth-order valence-corrected chi connectivity index (χ4v) is 2.79. The fourth-order valence-electron chi connectivity index (χ4n) is 2.79. The molecule has 0 bridgehead atoms. The minimum Gasteiger partial charge on any atom is -0.395 e. The Labute approximate surface area is 179 Å². The lowest BCUT2D eigenvalue weighted by Gasteiger charge is -2.12. The van der Waals surface area contributed by atoms with E-state index >= 15 is 0 Å². The van der Waals surface area contributed by atoms with E-state index in [1.54, 1.807) is 0 Å². The highest BCUT2D eigenvalue weighted by atomic mass is 16.5. The van der Waals surface area contributed by atoms with Crippen LogP contribution in [0.3, 0.4) is 0 Å². The van der Waals surface area contributed by atoms with E-state index in [-0.39, 0.29) is 6.61 Å².